The minimum absolute atomic E-state index is 0.0422. The van der Waals surface area contributed by atoms with Crippen molar-refractivity contribution < 1.29 is 13.2 Å². The van der Waals surface area contributed by atoms with Gasteiger partial charge in [0.25, 0.3) is 5.56 Å². The van der Waals surface area contributed by atoms with Crippen molar-refractivity contribution in [2.45, 2.75) is 24.3 Å². The molecule has 10 nitrogen and oxygen atoms in total. The molecule has 0 saturated carbocycles. The average molecular weight is 467 g/mol. The highest BCUT2D eigenvalue weighted by Gasteiger charge is 2.12. The molecule has 0 saturated heterocycles. The Morgan fingerprint density at radius 1 is 1.06 bits per heavy atom. The quantitative estimate of drug-likeness (QED) is 0.396. The highest BCUT2D eigenvalue weighted by molar-refractivity contribution is 7.89. The summed E-state index contributed by atoms with van der Waals surface area (Å²) in [6.45, 7) is 0.566. The van der Waals surface area contributed by atoms with Gasteiger partial charge < -0.3 is 5.32 Å². The van der Waals surface area contributed by atoms with Gasteiger partial charge in [-0.1, -0.05) is 30.3 Å². The Morgan fingerprint density at radius 2 is 1.79 bits per heavy atom. The molecular formula is C22H22N6O4S. The second kappa shape index (κ2) is 9.35. The maximum absolute atomic E-state index is 12.8. The average Bonchev–Trinajstić information content (AvgIpc) is 3.24. The fourth-order valence-electron chi connectivity index (χ4n) is 3.37. The topological polar surface area (TPSA) is 142 Å². The van der Waals surface area contributed by atoms with Crippen LogP contribution in [0.1, 0.15) is 12.0 Å². The van der Waals surface area contributed by atoms with E-state index in [1.165, 1.54) is 29.2 Å². The molecule has 11 heteroatoms. The van der Waals surface area contributed by atoms with Crippen LogP contribution in [0, 0.1) is 0 Å². The molecule has 4 rings (SSSR count). The van der Waals surface area contributed by atoms with Crippen molar-refractivity contribution in [3.8, 4) is 5.69 Å². The van der Waals surface area contributed by atoms with Gasteiger partial charge in [-0.25, -0.2) is 23.2 Å². The maximum atomic E-state index is 12.8. The van der Waals surface area contributed by atoms with Gasteiger partial charge in [0.05, 0.1) is 23.1 Å². The van der Waals surface area contributed by atoms with Crippen molar-refractivity contribution in [2.24, 2.45) is 5.14 Å². The number of hydrogen-bond donors (Lipinski definition) is 2. The molecule has 0 spiro atoms. The zero-order valence-electron chi connectivity index (χ0n) is 17.6. The third-order valence-electron chi connectivity index (χ3n) is 5.12. The minimum atomic E-state index is -3.73. The van der Waals surface area contributed by atoms with E-state index in [0.29, 0.717) is 24.0 Å². The summed E-state index contributed by atoms with van der Waals surface area (Å²) in [5, 5.41) is 12.5. The molecule has 2 heterocycles. The number of primary sulfonamides is 1. The lowest BCUT2D eigenvalue weighted by atomic mass is 10.1. The third kappa shape index (κ3) is 5.16. The molecule has 2 aromatic carbocycles. The van der Waals surface area contributed by atoms with Crippen LogP contribution in [0.15, 0.2) is 76.8 Å². The SMILES string of the molecule is NS(=O)(=O)c1ccc(CCNC(=O)CCn2cnc3c(cnn3-c3ccccc3)c2=O)cc1. The first kappa shape index (κ1) is 22.4. The molecule has 0 bridgehead atoms. The van der Waals surface area contributed by atoms with Crippen LogP contribution in [0.3, 0.4) is 0 Å². The number of nitrogens with two attached hydrogens (primary N) is 1. The number of carbonyl (C=O) groups is 1. The van der Waals surface area contributed by atoms with E-state index in [2.05, 4.69) is 15.4 Å². The summed E-state index contributed by atoms with van der Waals surface area (Å²) in [4.78, 5) is 29.4. The summed E-state index contributed by atoms with van der Waals surface area (Å²) in [6, 6.07) is 15.6. The first-order valence-corrected chi connectivity index (χ1v) is 11.7. The van der Waals surface area contributed by atoms with Crippen LogP contribution >= 0.6 is 0 Å². The van der Waals surface area contributed by atoms with Gasteiger partial charge in [0.2, 0.25) is 15.9 Å². The zero-order chi connectivity index (χ0) is 23.4. The molecule has 0 fully saturated rings. The number of aromatic nitrogens is 4. The third-order valence-corrected chi connectivity index (χ3v) is 6.05. The van der Waals surface area contributed by atoms with Crippen LogP contribution < -0.4 is 16.0 Å². The van der Waals surface area contributed by atoms with E-state index in [9.17, 15) is 18.0 Å². The predicted octanol–water partition coefficient (Wildman–Crippen LogP) is 0.979. The highest BCUT2D eigenvalue weighted by atomic mass is 32.2. The number of rotatable bonds is 8. The van der Waals surface area contributed by atoms with Crippen molar-refractivity contribution in [1.82, 2.24) is 24.6 Å². The summed E-state index contributed by atoms with van der Waals surface area (Å²) < 4.78 is 25.6. The number of fused-ring (bicyclic) bond motifs is 1. The fraction of sp³-hybridized carbons (Fsp3) is 0.182. The second-order valence-corrected chi connectivity index (χ2v) is 8.97. The van der Waals surface area contributed by atoms with Gasteiger partial charge in [-0.15, -0.1) is 0 Å². The standard InChI is InChI=1S/C22H22N6O4S/c23-33(31,32)18-8-6-16(7-9-18)10-12-24-20(29)11-13-27-15-25-21-19(22(27)30)14-26-28(21)17-4-2-1-3-5-17/h1-9,14-15H,10-13H2,(H,24,29)(H2,23,31,32). The number of sulfonamides is 1. The lowest BCUT2D eigenvalue weighted by Gasteiger charge is -2.08. The summed E-state index contributed by atoms with van der Waals surface area (Å²) >= 11 is 0. The highest BCUT2D eigenvalue weighted by Crippen LogP contribution is 2.13. The van der Waals surface area contributed by atoms with Gasteiger partial charge in [-0.05, 0) is 36.2 Å². The number of nitrogens with zero attached hydrogens (tertiary/aromatic N) is 4. The van der Waals surface area contributed by atoms with Crippen LogP contribution in [0.25, 0.3) is 16.7 Å². The molecule has 4 aromatic rings. The molecular weight excluding hydrogens is 444 g/mol. The van der Waals surface area contributed by atoms with E-state index in [1.807, 2.05) is 30.3 Å². The molecule has 1 amide bonds. The van der Waals surface area contributed by atoms with E-state index in [-0.39, 0.29) is 29.3 Å². The zero-order valence-corrected chi connectivity index (χ0v) is 18.4. The lowest BCUT2D eigenvalue weighted by molar-refractivity contribution is -0.121. The van der Waals surface area contributed by atoms with Crippen molar-refractivity contribution in [1.29, 1.82) is 0 Å². The van der Waals surface area contributed by atoms with Crippen LogP contribution in [-0.2, 0) is 27.8 Å². The number of hydrogen-bond acceptors (Lipinski definition) is 6. The van der Waals surface area contributed by atoms with Gasteiger partial charge >= 0.3 is 0 Å². The molecule has 0 aliphatic heterocycles. The van der Waals surface area contributed by atoms with Gasteiger partial charge in [0.1, 0.15) is 5.39 Å². The number of amides is 1. The number of carbonyl (C=O) groups excluding carboxylic acids is 1. The van der Waals surface area contributed by atoms with E-state index in [4.69, 9.17) is 5.14 Å². The van der Waals surface area contributed by atoms with Gasteiger partial charge in [0.15, 0.2) is 5.65 Å². The van der Waals surface area contributed by atoms with E-state index in [1.54, 1.807) is 16.8 Å². The lowest BCUT2D eigenvalue weighted by Crippen LogP contribution is -2.29. The van der Waals surface area contributed by atoms with Gasteiger partial charge in [-0.2, -0.15) is 5.10 Å². The van der Waals surface area contributed by atoms with Crippen molar-refractivity contribution >= 4 is 27.0 Å². The molecule has 33 heavy (non-hydrogen) atoms. The first-order chi connectivity index (χ1) is 15.8. The van der Waals surface area contributed by atoms with Gasteiger partial charge in [0, 0.05) is 19.5 Å². The second-order valence-electron chi connectivity index (χ2n) is 7.41. The molecule has 2 aromatic heterocycles. The molecule has 0 unspecified atom stereocenters. The summed E-state index contributed by atoms with van der Waals surface area (Å²) in [6.07, 6.45) is 3.55. The predicted molar refractivity (Wildman–Crippen MR) is 122 cm³/mol. The molecule has 0 aliphatic carbocycles. The Morgan fingerprint density at radius 3 is 2.48 bits per heavy atom. The monoisotopic (exact) mass is 466 g/mol. The maximum Gasteiger partial charge on any atom is 0.264 e. The number of para-hydroxylation sites is 1. The van der Waals surface area contributed by atoms with Crippen LogP contribution in [0.4, 0.5) is 0 Å². The normalized spacial score (nSPS) is 11.5. The van der Waals surface area contributed by atoms with Crippen molar-refractivity contribution in [3.05, 3.63) is 83.0 Å². The summed E-state index contributed by atoms with van der Waals surface area (Å²) in [7, 11) is -3.73. The van der Waals surface area contributed by atoms with Crippen LogP contribution in [0.2, 0.25) is 0 Å². The molecule has 0 radical (unpaired) electrons. The summed E-state index contributed by atoms with van der Waals surface area (Å²) in [5.74, 6) is -0.205. The van der Waals surface area contributed by atoms with Crippen molar-refractivity contribution in [2.75, 3.05) is 6.54 Å². The summed E-state index contributed by atoms with van der Waals surface area (Å²) in [5.41, 5.74) is 1.87. The number of benzene rings is 2. The molecule has 0 aliphatic rings. The van der Waals surface area contributed by atoms with Crippen LogP contribution in [-0.4, -0.2) is 40.2 Å². The van der Waals surface area contributed by atoms with E-state index < -0.39 is 10.0 Å². The van der Waals surface area contributed by atoms with Crippen molar-refractivity contribution in [3.63, 3.8) is 0 Å². The Hall–Kier alpha value is -3.83. The largest absolute Gasteiger partial charge is 0.356 e. The van der Waals surface area contributed by atoms with Crippen LogP contribution in [0.5, 0.6) is 0 Å². The minimum Gasteiger partial charge on any atom is -0.356 e. The Labute approximate surface area is 189 Å². The van der Waals surface area contributed by atoms with E-state index >= 15 is 0 Å². The smallest absolute Gasteiger partial charge is 0.264 e. The Bertz CT molecular complexity index is 1440. The number of nitrogens with one attached hydrogen (secondary N) is 1. The van der Waals surface area contributed by atoms with Gasteiger partial charge in [-0.3, -0.25) is 14.2 Å². The molecule has 3 N–H and O–H groups in total. The van der Waals surface area contributed by atoms with E-state index in [0.717, 1.165) is 11.3 Å². The fourth-order valence-corrected chi connectivity index (χ4v) is 3.88. The first-order valence-electron chi connectivity index (χ1n) is 10.2. The molecule has 170 valence electrons. The molecule has 0 atom stereocenters. The Kier molecular flexibility index (Phi) is 6.33. The Balaban J connectivity index is 1.33. The number of aryl methyl sites for hydroxylation is 1.